The molecule has 0 aliphatic heterocycles. The van der Waals surface area contributed by atoms with Crippen molar-refractivity contribution >= 4 is 5.57 Å². The Kier molecular flexibility index (Phi) is 5.35. The minimum atomic E-state index is 0.130. The molecule has 2 aromatic carbocycles. The van der Waals surface area contributed by atoms with Crippen LogP contribution in [0, 0.1) is 0 Å². The van der Waals surface area contributed by atoms with Gasteiger partial charge in [0.05, 0.1) is 0 Å². The van der Waals surface area contributed by atoms with Gasteiger partial charge < -0.3 is 0 Å². The first-order valence-electron chi connectivity index (χ1n) is 8.70. The van der Waals surface area contributed by atoms with Crippen molar-refractivity contribution in [3.63, 3.8) is 0 Å². The molecular formula is C23H31N. The Labute approximate surface area is 148 Å². The van der Waals surface area contributed by atoms with Crippen LogP contribution in [0.25, 0.3) is 5.57 Å². The first kappa shape index (κ1) is 18.5. The van der Waals surface area contributed by atoms with Crippen LogP contribution in [0.1, 0.15) is 58.2 Å². The Hall–Kier alpha value is -1.86. The smallest absolute Gasteiger partial charge is 0.0244 e. The number of hydrogen-bond acceptors (Lipinski definition) is 1. The van der Waals surface area contributed by atoms with Crippen molar-refractivity contribution in [2.24, 2.45) is 0 Å². The zero-order chi connectivity index (χ0) is 18.0. The molecule has 2 aromatic rings. The Morgan fingerprint density at radius 1 is 0.750 bits per heavy atom. The zero-order valence-electron chi connectivity index (χ0n) is 16.1. The van der Waals surface area contributed by atoms with Crippen LogP contribution >= 0.6 is 0 Å². The lowest BCUT2D eigenvalue weighted by Gasteiger charge is -2.45. The van der Waals surface area contributed by atoms with E-state index in [2.05, 4.69) is 102 Å². The van der Waals surface area contributed by atoms with Gasteiger partial charge in [-0.1, -0.05) is 61.2 Å². The predicted octanol–water partition coefficient (Wildman–Crippen LogP) is 6.15. The molecule has 0 saturated heterocycles. The molecule has 0 unspecified atom stereocenters. The summed E-state index contributed by atoms with van der Waals surface area (Å²) in [4.78, 5) is 2.54. The molecule has 1 heteroatoms. The molecule has 1 nitrogen and oxygen atoms in total. The maximum atomic E-state index is 4.25. The fourth-order valence-corrected chi connectivity index (χ4v) is 3.28. The van der Waals surface area contributed by atoms with E-state index in [0.717, 1.165) is 12.1 Å². The minimum Gasteiger partial charge on any atom is -0.289 e. The van der Waals surface area contributed by atoms with Gasteiger partial charge in [-0.2, -0.15) is 0 Å². The van der Waals surface area contributed by atoms with Crippen molar-refractivity contribution in [1.29, 1.82) is 0 Å². The van der Waals surface area contributed by atoms with Crippen molar-refractivity contribution in [3.8, 4) is 0 Å². The number of nitrogens with zero attached hydrogens (tertiary/aromatic N) is 1. The summed E-state index contributed by atoms with van der Waals surface area (Å²) in [5.74, 6) is 0. The van der Waals surface area contributed by atoms with Crippen LogP contribution < -0.4 is 0 Å². The molecule has 0 bridgehead atoms. The molecule has 0 spiro atoms. The summed E-state index contributed by atoms with van der Waals surface area (Å²) in [5.41, 5.74) is 5.03. The van der Waals surface area contributed by atoms with E-state index in [1.807, 2.05) is 6.07 Å². The summed E-state index contributed by atoms with van der Waals surface area (Å²) < 4.78 is 0. The van der Waals surface area contributed by atoms with Crippen molar-refractivity contribution < 1.29 is 0 Å². The van der Waals surface area contributed by atoms with Gasteiger partial charge in [0.2, 0.25) is 0 Å². The van der Waals surface area contributed by atoms with Crippen LogP contribution in [-0.4, -0.2) is 16.0 Å². The Bertz CT molecular complexity index is 653. The van der Waals surface area contributed by atoms with Crippen molar-refractivity contribution in [3.05, 3.63) is 77.9 Å². The average Bonchev–Trinajstić information content (AvgIpc) is 2.51. The van der Waals surface area contributed by atoms with Gasteiger partial charge in [-0.15, -0.1) is 0 Å². The van der Waals surface area contributed by atoms with E-state index in [9.17, 15) is 0 Å². The number of rotatable bonds is 4. The van der Waals surface area contributed by atoms with Crippen LogP contribution in [0.2, 0.25) is 0 Å². The van der Waals surface area contributed by atoms with E-state index in [4.69, 9.17) is 0 Å². The third kappa shape index (κ3) is 4.58. The van der Waals surface area contributed by atoms with Gasteiger partial charge in [0.1, 0.15) is 0 Å². The van der Waals surface area contributed by atoms with E-state index in [1.165, 1.54) is 16.7 Å². The topological polar surface area (TPSA) is 3.24 Å². The standard InChI is InChI=1S/C23H31N/c1-18(20-11-9-8-10-12-20)21-15-13-19(14-16-21)17-24(22(2,3)4)23(5,6)7/h8-16H,1,17H2,2-7H3. The SMILES string of the molecule is C=C(c1ccccc1)c1ccc(CN(C(C)(C)C)C(C)(C)C)cc1. The largest absolute Gasteiger partial charge is 0.289 e. The van der Waals surface area contributed by atoms with Crippen LogP contribution in [0.3, 0.4) is 0 Å². The van der Waals surface area contributed by atoms with E-state index in [1.54, 1.807) is 0 Å². The highest BCUT2D eigenvalue weighted by Gasteiger charge is 2.31. The van der Waals surface area contributed by atoms with Crippen LogP contribution in [0.5, 0.6) is 0 Å². The van der Waals surface area contributed by atoms with Crippen molar-refractivity contribution in [1.82, 2.24) is 4.90 Å². The van der Waals surface area contributed by atoms with Gasteiger partial charge >= 0.3 is 0 Å². The monoisotopic (exact) mass is 321 g/mol. The molecule has 0 aliphatic rings. The number of hydrogen-bond donors (Lipinski definition) is 0. The molecule has 0 amide bonds. The van der Waals surface area contributed by atoms with Crippen LogP contribution in [0.15, 0.2) is 61.2 Å². The molecule has 128 valence electrons. The second-order valence-electron chi connectivity index (χ2n) is 8.47. The fraction of sp³-hybridized carbons (Fsp3) is 0.391. The molecule has 0 aromatic heterocycles. The van der Waals surface area contributed by atoms with Gasteiger partial charge in [-0.25, -0.2) is 0 Å². The molecule has 0 radical (unpaired) electrons. The summed E-state index contributed by atoms with van der Waals surface area (Å²) in [6.45, 7) is 18.9. The maximum Gasteiger partial charge on any atom is 0.0244 e. The third-order valence-corrected chi connectivity index (χ3v) is 4.38. The summed E-state index contributed by atoms with van der Waals surface area (Å²) in [7, 11) is 0. The summed E-state index contributed by atoms with van der Waals surface area (Å²) in [6.07, 6.45) is 0. The zero-order valence-corrected chi connectivity index (χ0v) is 16.1. The van der Waals surface area contributed by atoms with Gasteiger partial charge in [-0.3, -0.25) is 4.90 Å². The lowest BCUT2D eigenvalue weighted by molar-refractivity contribution is 0.0298. The van der Waals surface area contributed by atoms with Crippen LogP contribution in [0.4, 0.5) is 0 Å². The second-order valence-corrected chi connectivity index (χ2v) is 8.47. The van der Waals surface area contributed by atoms with Crippen molar-refractivity contribution in [2.45, 2.75) is 59.2 Å². The highest BCUT2D eigenvalue weighted by Crippen LogP contribution is 2.28. The van der Waals surface area contributed by atoms with Gasteiger partial charge in [0.25, 0.3) is 0 Å². The van der Waals surface area contributed by atoms with Crippen LogP contribution in [-0.2, 0) is 6.54 Å². The Balaban J connectivity index is 2.19. The minimum absolute atomic E-state index is 0.130. The maximum absolute atomic E-state index is 4.25. The molecule has 0 aliphatic carbocycles. The van der Waals surface area contributed by atoms with E-state index in [0.29, 0.717) is 0 Å². The molecule has 0 fully saturated rings. The Morgan fingerprint density at radius 2 is 1.21 bits per heavy atom. The van der Waals surface area contributed by atoms with Gasteiger partial charge in [-0.05, 0) is 63.8 Å². The summed E-state index contributed by atoms with van der Waals surface area (Å²) in [5, 5.41) is 0. The molecule has 0 heterocycles. The summed E-state index contributed by atoms with van der Waals surface area (Å²) >= 11 is 0. The summed E-state index contributed by atoms with van der Waals surface area (Å²) in [6, 6.07) is 19.2. The molecule has 0 N–H and O–H groups in total. The molecule has 0 atom stereocenters. The average molecular weight is 322 g/mol. The highest BCUT2D eigenvalue weighted by molar-refractivity contribution is 5.77. The van der Waals surface area contributed by atoms with Gasteiger partial charge in [0, 0.05) is 17.6 Å². The lowest BCUT2D eigenvalue weighted by atomic mass is 9.94. The van der Waals surface area contributed by atoms with E-state index < -0.39 is 0 Å². The molecule has 2 rings (SSSR count). The predicted molar refractivity (Wildman–Crippen MR) is 106 cm³/mol. The van der Waals surface area contributed by atoms with E-state index >= 15 is 0 Å². The third-order valence-electron chi connectivity index (χ3n) is 4.38. The molecule has 24 heavy (non-hydrogen) atoms. The fourth-order valence-electron chi connectivity index (χ4n) is 3.28. The molecule has 0 saturated carbocycles. The van der Waals surface area contributed by atoms with Gasteiger partial charge in [0.15, 0.2) is 0 Å². The normalized spacial score (nSPS) is 12.5. The first-order chi connectivity index (χ1) is 11.1. The molecular weight excluding hydrogens is 290 g/mol. The Morgan fingerprint density at radius 3 is 1.67 bits per heavy atom. The number of benzene rings is 2. The van der Waals surface area contributed by atoms with Crippen molar-refractivity contribution in [2.75, 3.05) is 0 Å². The first-order valence-corrected chi connectivity index (χ1v) is 8.70. The lowest BCUT2D eigenvalue weighted by Crippen LogP contribution is -2.51. The second kappa shape index (κ2) is 6.94. The van der Waals surface area contributed by atoms with E-state index in [-0.39, 0.29) is 11.1 Å². The highest BCUT2D eigenvalue weighted by atomic mass is 15.2. The quantitative estimate of drug-likeness (QED) is 0.653.